The molecule has 0 bridgehead atoms. The first-order valence-electron chi connectivity index (χ1n) is 13.4. The van der Waals surface area contributed by atoms with Crippen LogP contribution in [-0.2, 0) is 13.7 Å². The molecule has 0 aliphatic carbocycles. The molecule has 1 aromatic heterocycles. The lowest BCUT2D eigenvalue weighted by Crippen LogP contribution is -2.42. The smallest absolute Gasteiger partial charge is 0.458 e. The van der Waals surface area contributed by atoms with Gasteiger partial charge in [0.15, 0.2) is 19.8 Å². The maximum Gasteiger partial charge on any atom is 0.458 e. The van der Waals surface area contributed by atoms with Gasteiger partial charge in [0.2, 0.25) is 0 Å². The molecule has 6 nitrogen and oxygen atoms in total. The van der Waals surface area contributed by atoms with E-state index in [9.17, 15) is 4.39 Å². The van der Waals surface area contributed by atoms with Crippen molar-refractivity contribution in [2.45, 2.75) is 90.0 Å². The van der Waals surface area contributed by atoms with E-state index >= 15 is 0 Å². The summed E-state index contributed by atoms with van der Waals surface area (Å²) in [6.07, 6.45) is 4.38. The molecule has 0 radical (unpaired) electrons. The number of hydrogen-bond acceptors (Lipinski definition) is 6. The highest BCUT2D eigenvalue weighted by atomic mass is 28.4. The fourth-order valence-electron chi connectivity index (χ4n) is 4.08. The van der Waals surface area contributed by atoms with E-state index in [1.165, 1.54) is 0 Å². The second-order valence-electron chi connectivity index (χ2n) is 12.6. The standard InChI is InChI=1S/C29H45BFNO5Si/c1-27(2,3)38(9,10)35-20-24(17-30-36-28(4,5)29(6,7)37-30)23-15-22(18-32-19-23)21-11-12-25(33-8)26(16-21)34-14-13-31/h11-12,15-16,18-19,24H,13-14,17,20H2,1-10H3. The van der Waals surface area contributed by atoms with Gasteiger partial charge in [0.25, 0.3) is 0 Å². The summed E-state index contributed by atoms with van der Waals surface area (Å²) in [5, 5.41) is 0.0983. The fourth-order valence-corrected chi connectivity index (χ4v) is 5.13. The average Bonchev–Trinajstić information content (AvgIpc) is 3.05. The lowest BCUT2D eigenvalue weighted by atomic mass is 9.75. The lowest BCUT2D eigenvalue weighted by molar-refractivity contribution is 0.00578. The molecule has 1 saturated heterocycles. The van der Waals surface area contributed by atoms with Crippen LogP contribution in [0.3, 0.4) is 0 Å². The summed E-state index contributed by atoms with van der Waals surface area (Å²) in [7, 11) is -0.762. The lowest BCUT2D eigenvalue weighted by Gasteiger charge is -2.37. The maximum atomic E-state index is 12.8. The van der Waals surface area contributed by atoms with Gasteiger partial charge in [-0.15, -0.1) is 0 Å². The zero-order valence-electron chi connectivity index (χ0n) is 24.8. The number of ether oxygens (including phenoxy) is 2. The van der Waals surface area contributed by atoms with Crippen LogP contribution in [0.4, 0.5) is 4.39 Å². The van der Waals surface area contributed by atoms with E-state index in [1.54, 1.807) is 7.11 Å². The van der Waals surface area contributed by atoms with E-state index in [4.69, 9.17) is 23.2 Å². The fraction of sp³-hybridized carbons (Fsp3) is 0.621. The number of methoxy groups -OCH3 is 1. The Kier molecular flexibility index (Phi) is 9.39. The molecule has 9 heteroatoms. The highest BCUT2D eigenvalue weighted by molar-refractivity contribution is 6.74. The second-order valence-corrected chi connectivity index (χ2v) is 17.4. The Bertz CT molecular complexity index is 1070. The summed E-state index contributed by atoms with van der Waals surface area (Å²) in [6.45, 7) is 19.5. The Balaban J connectivity index is 1.93. The number of nitrogens with zero attached hydrogens (tertiary/aromatic N) is 1. The predicted octanol–water partition coefficient (Wildman–Crippen LogP) is 7.30. The Labute approximate surface area is 229 Å². The van der Waals surface area contributed by atoms with Crippen molar-refractivity contribution < 1.29 is 27.6 Å². The van der Waals surface area contributed by atoms with Crippen LogP contribution in [-0.4, -0.2) is 58.6 Å². The van der Waals surface area contributed by atoms with Crippen molar-refractivity contribution in [1.29, 1.82) is 0 Å². The summed E-state index contributed by atoms with van der Waals surface area (Å²) in [5.41, 5.74) is 2.09. The van der Waals surface area contributed by atoms with Crippen LogP contribution in [0.2, 0.25) is 24.5 Å². The van der Waals surface area contributed by atoms with Gasteiger partial charge in [0.05, 0.1) is 18.3 Å². The predicted molar refractivity (Wildman–Crippen MR) is 154 cm³/mol. The first kappa shape index (κ1) is 30.6. The van der Waals surface area contributed by atoms with Gasteiger partial charge in [-0.3, -0.25) is 4.98 Å². The molecule has 1 atom stereocenters. The minimum absolute atomic E-state index is 0.0202. The molecule has 1 aliphatic heterocycles. The Morgan fingerprint density at radius 2 is 1.66 bits per heavy atom. The third-order valence-corrected chi connectivity index (χ3v) is 12.8. The summed E-state index contributed by atoms with van der Waals surface area (Å²) >= 11 is 0. The van der Waals surface area contributed by atoms with E-state index in [2.05, 4.69) is 72.6 Å². The third kappa shape index (κ3) is 6.97. The normalized spacial score (nSPS) is 17.9. The molecule has 1 fully saturated rings. The van der Waals surface area contributed by atoms with Crippen LogP contribution in [0.1, 0.15) is 59.9 Å². The minimum atomic E-state index is -1.98. The summed E-state index contributed by atoms with van der Waals surface area (Å²) < 4.78 is 43.2. The molecular formula is C29H45BFNO5Si. The van der Waals surface area contributed by atoms with Gasteiger partial charge in [-0.2, -0.15) is 0 Å². The minimum Gasteiger partial charge on any atom is -0.493 e. The van der Waals surface area contributed by atoms with E-state index in [0.717, 1.165) is 16.7 Å². The largest absolute Gasteiger partial charge is 0.493 e. The van der Waals surface area contributed by atoms with Crippen LogP contribution in [0.5, 0.6) is 11.5 Å². The Morgan fingerprint density at radius 1 is 1.00 bits per heavy atom. The van der Waals surface area contributed by atoms with E-state index in [1.807, 2.05) is 30.6 Å². The number of halogens is 1. The van der Waals surface area contributed by atoms with Crippen molar-refractivity contribution in [3.05, 3.63) is 42.2 Å². The van der Waals surface area contributed by atoms with Crippen molar-refractivity contribution in [1.82, 2.24) is 4.98 Å². The van der Waals surface area contributed by atoms with Gasteiger partial charge in [-0.1, -0.05) is 26.8 Å². The van der Waals surface area contributed by atoms with Gasteiger partial charge in [0, 0.05) is 30.5 Å². The van der Waals surface area contributed by atoms with Crippen LogP contribution in [0.15, 0.2) is 36.7 Å². The topological polar surface area (TPSA) is 59.0 Å². The molecule has 3 rings (SSSR count). The van der Waals surface area contributed by atoms with Crippen molar-refractivity contribution in [2.75, 3.05) is 27.0 Å². The van der Waals surface area contributed by atoms with Crippen LogP contribution in [0, 0.1) is 0 Å². The SMILES string of the molecule is COc1ccc(-c2cncc(C(CO[Si](C)(C)C(C)(C)C)CB3OC(C)(C)C(C)(C)O3)c2)cc1OCCF. The Morgan fingerprint density at radius 3 is 2.24 bits per heavy atom. The van der Waals surface area contributed by atoms with E-state index in [0.29, 0.717) is 24.4 Å². The first-order valence-corrected chi connectivity index (χ1v) is 16.3. The number of rotatable bonds is 11. The average molecular weight is 546 g/mol. The van der Waals surface area contributed by atoms with Crippen molar-refractivity contribution >= 4 is 15.4 Å². The van der Waals surface area contributed by atoms with E-state index < -0.39 is 26.2 Å². The highest BCUT2D eigenvalue weighted by Gasteiger charge is 2.51. The van der Waals surface area contributed by atoms with Gasteiger partial charge in [0.1, 0.15) is 13.3 Å². The van der Waals surface area contributed by atoms with Gasteiger partial charge in [-0.05, 0) is 81.5 Å². The van der Waals surface area contributed by atoms with Gasteiger partial charge < -0.3 is 23.2 Å². The van der Waals surface area contributed by atoms with Crippen LogP contribution < -0.4 is 9.47 Å². The molecule has 210 valence electrons. The highest BCUT2D eigenvalue weighted by Crippen LogP contribution is 2.42. The summed E-state index contributed by atoms with van der Waals surface area (Å²) in [6, 6.07) is 7.79. The molecule has 0 spiro atoms. The third-order valence-electron chi connectivity index (χ3n) is 8.29. The zero-order valence-corrected chi connectivity index (χ0v) is 25.8. The monoisotopic (exact) mass is 545 g/mol. The van der Waals surface area contributed by atoms with Crippen molar-refractivity contribution in [3.8, 4) is 22.6 Å². The van der Waals surface area contributed by atoms with Crippen LogP contribution >= 0.6 is 0 Å². The molecule has 38 heavy (non-hydrogen) atoms. The second kappa shape index (κ2) is 11.7. The molecule has 0 saturated carbocycles. The van der Waals surface area contributed by atoms with Crippen molar-refractivity contribution in [3.63, 3.8) is 0 Å². The number of benzene rings is 1. The molecule has 1 aromatic carbocycles. The molecule has 2 aromatic rings. The van der Waals surface area contributed by atoms with Gasteiger partial charge >= 0.3 is 7.12 Å². The Hall–Kier alpha value is -1.94. The molecular weight excluding hydrogens is 500 g/mol. The number of pyridine rings is 1. The molecule has 0 amide bonds. The first-order chi connectivity index (χ1) is 17.6. The maximum absolute atomic E-state index is 12.8. The zero-order chi connectivity index (χ0) is 28.4. The summed E-state index contributed by atoms with van der Waals surface area (Å²) in [5.74, 6) is 1.09. The number of aromatic nitrogens is 1. The van der Waals surface area contributed by atoms with Crippen molar-refractivity contribution in [2.24, 2.45) is 0 Å². The molecule has 1 aliphatic rings. The number of hydrogen-bond donors (Lipinski definition) is 0. The molecule has 2 heterocycles. The van der Waals surface area contributed by atoms with E-state index in [-0.39, 0.29) is 24.7 Å². The number of alkyl halides is 1. The molecule has 0 N–H and O–H groups in total. The summed E-state index contributed by atoms with van der Waals surface area (Å²) in [4.78, 5) is 4.58. The van der Waals surface area contributed by atoms with Crippen LogP contribution in [0.25, 0.3) is 11.1 Å². The molecule has 1 unspecified atom stereocenters. The quantitative estimate of drug-likeness (QED) is 0.276. The van der Waals surface area contributed by atoms with Gasteiger partial charge in [-0.25, -0.2) is 4.39 Å².